The number of alkyl halides is 3. The molecular weight excluding hydrogens is 471 g/mol. The second-order valence-corrected chi connectivity index (χ2v) is 10.6. The van der Waals surface area contributed by atoms with Crippen LogP contribution in [0.2, 0.25) is 0 Å². The highest BCUT2D eigenvalue weighted by Gasteiger charge is 2.38. The van der Waals surface area contributed by atoms with Crippen LogP contribution in [0.25, 0.3) is 0 Å². The molecule has 14 heteroatoms. The van der Waals surface area contributed by atoms with Crippen molar-refractivity contribution in [2.45, 2.75) is 55.7 Å². The first-order valence-electron chi connectivity index (χ1n) is 10.1. The van der Waals surface area contributed by atoms with Gasteiger partial charge in [0.2, 0.25) is 0 Å². The predicted octanol–water partition coefficient (Wildman–Crippen LogP) is 2.55. The Morgan fingerprint density at radius 3 is 2.41 bits per heavy atom. The molecule has 0 spiro atoms. The van der Waals surface area contributed by atoms with Crippen LogP contribution in [0.5, 0.6) is 0 Å². The fourth-order valence-corrected chi connectivity index (χ4v) is 6.14. The van der Waals surface area contributed by atoms with Crippen molar-refractivity contribution in [1.29, 1.82) is 0 Å². The molecule has 2 aliphatic rings. The highest BCUT2D eigenvalue weighted by molar-refractivity contribution is 7.91. The first-order chi connectivity index (χ1) is 15.1. The van der Waals surface area contributed by atoms with Gasteiger partial charge in [-0.3, -0.25) is 4.90 Å². The molecule has 0 radical (unpaired) electrons. The first-order valence-corrected chi connectivity index (χ1v) is 12.4. The number of nitrogens with zero attached hydrogens (tertiary/aromatic N) is 5. The molecule has 0 bridgehead atoms. The van der Waals surface area contributed by atoms with Crippen molar-refractivity contribution in [3.63, 3.8) is 0 Å². The lowest BCUT2D eigenvalue weighted by atomic mass is 10.1. The molecule has 0 aliphatic carbocycles. The minimum atomic E-state index is -5.08. The van der Waals surface area contributed by atoms with E-state index in [0.717, 1.165) is 44.0 Å². The van der Waals surface area contributed by atoms with Gasteiger partial charge >= 0.3 is 12.1 Å². The molecule has 0 aromatic carbocycles. The Labute approximate surface area is 187 Å². The Hall–Kier alpha value is -2.03. The SMILES string of the molecule is O=C(O)C(F)(F)F.O=S(=O)(c1cccs1)N1CCCn2nnc(CN3CCCCC3)c2C1. The molecule has 9 nitrogen and oxygen atoms in total. The third-order valence-electron chi connectivity index (χ3n) is 5.18. The van der Waals surface area contributed by atoms with E-state index >= 15 is 0 Å². The van der Waals surface area contributed by atoms with Gasteiger partial charge in [-0.25, -0.2) is 17.9 Å². The van der Waals surface area contributed by atoms with Gasteiger partial charge < -0.3 is 5.11 Å². The monoisotopic (exact) mass is 495 g/mol. The van der Waals surface area contributed by atoms with Gasteiger partial charge in [0.25, 0.3) is 10.0 Å². The van der Waals surface area contributed by atoms with E-state index < -0.39 is 22.2 Å². The van der Waals surface area contributed by atoms with E-state index in [1.54, 1.807) is 21.8 Å². The standard InChI is InChI=1S/C16H23N5O2S2.C2HF3O2/c22-25(23,16-6-4-11-24-16)20-9-5-10-21-15(13-20)14(17-18-21)12-19-7-2-1-3-8-19;3-2(4,5)1(6)7/h4,6,11H,1-3,5,7-10,12-13H2;(H,6,7). The number of rotatable bonds is 4. The summed E-state index contributed by atoms with van der Waals surface area (Å²) < 4.78 is 61.4. The molecule has 0 saturated carbocycles. The number of carboxylic acids is 1. The summed E-state index contributed by atoms with van der Waals surface area (Å²) in [5.74, 6) is -2.76. The number of aryl methyl sites for hydroxylation is 1. The highest BCUT2D eigenvalue weighted by Crippen LogP contribution is 2.26. The average molecular weight is 496 g/mol. The van der Waals surface area contributed by atoms with E-state index in [-0.39, 0.29) is 0 Å². The van der Waals surface area contributed by atoms with E-state index in [0.29, 0.717) is 17.3 Å². The van der Waals surface area contributed by atoms with Gasteiger partial charge in [-0.1, -0.05) is 17.7 Å². The molecule has 4 heterocycles. The second-order valence-electron chi connectivity index (χ2n) is 7.47. The van der Waals surface area contributed by atoms with Crippen LogP contribution in [0.3, 0.4) is 0 Å². The molecule has 0 amide bonds. The summed E-state index contributed by atoms with van der Waals surface area (Å²) >= 11 is 1.27. The van der Waals surface area contributed by atoms with Gasteiger partial charge in [0, 0.05) is 19.6 Å². The molecule has 1 N–H and O–H groups in total. The zero-order chi connectivity index (χ0) is 23.4. The van der Waals surface area contributed by atoms with Gasteiger partial charge in [0.15, 0.2) is 0 Å². The summed E-state index contributed by atoms with van der Waals surface area (Å²) in [5.41, 5.74) is 1.87. The van der Waals surface area contributed by atoms with E-state index in [9.17, 15) is 21.6 Å². The molecule has 2 aliphatic heterocycles. The Kier molecular flexibility index (Phi) is 7.90. The lowest BCUT2D eigenvalue weighted by Gasteiger charge is -2.26. The summed E-state index contributed by atoms with van der Waals surface area (Å²) in [6.07, 6.45) is -0.586. The smallest absolute Gasteiger partial charge is 0.475 e. The molecule has 0 atom stereocenters. The number of hydrogen-bond donors (Lipinski definition) is 1. The fraction of sp³-hybridized carbons (Fsp3) is 0.611. The number of aromatic nitrogens is 3. The quantitative estimate of drug-likeness (QED) is 0.694. The van der Waals surface area contributed by atoms with Crippen LogP contribution in [-0.4, -0.2) is 69.5 Å². The van der Waals surface area contributed by atoms with Crippen LogP contribution in [0.4, 0.5) is 13.2 Å². The van der Waals surface area contributed by atoms with E-state index in [2.05, 4.69) is 15.2 Å². The number of likely N-dealkylation sites (tertiary alicyclic amines) is 1. The zero-order valence-electron chi connectivity index (χ0n) is 17.2. The van der Waals surface area contributed by atoms with Gasteiger partial charge in [0.05, 0.1) is 12.2 Å². The molecule has 2 aromatic heterocycles. The maximum atomic E-state index is 12.9. The Morgan fingerprint density at radius 2 is 1.81 bits per heavy atom. The van der Waals surface area contributed by atoms with Crippen LogP contribution in [0.15, 0.2) is 21.7 Å². The predicted molar refractivity (Wildman–Crippen MR) is 109 cm³/mol. The van der Waals surface area contributed by atoms with Gasteiger partial charge in [-0.15, -0.1) is 16.4 Å². The van der Waals surface area contributed by atoms with Crippen LogP contribution in [0.1, 0.15) is 37.1 Å². The van der Waals surface area contributed by atoms with Crippen molar-refractivity contribution in [1.82, 2.24) is 24.2 Å². The van der Waals surface area contributed by atoms with Gasteiger partial charge in [-0.2, -0.15) is 17.5 Å². The normalized spacial score (nSPS) is 18.3. The summed E-state index contributed by atoms with van der Waals surface area (Å²) in [5, 5.41) is 17.6. The molecular formula is C18H24F3N5O4S2. The number of carbonyl (C=O) groups is 1. The van der Waals surface area contributed by atoms with Crippen molar-refractivity contribution in [3.8, 4) is 0 Å². The number of carboxylic acid groups (broad SMARTS) is 1. The van der Waals surface area contributed by atoms with Gasteiger partial charge in [0.1, 0.15) is 9.90 Å². The molecule has 1 saturated heterocycles. The molecule has 32 heavy (non-hydrogen) atoms. The summed E-state index contributed by atoms with van der Waals surface area (Å²) in [6, 6.07) is 3.46. The van der Waals surface area contributed by atoms with Crippen molar-refractivity contribution in [3.05, 3.63) is 28.9 Å². The fourth-order valence-electron chi connectivity index (χ4n) is 3.56. The van der Waals surface area contributed by atoms with E-state index in [1.807, 2.05) is 4.68 Å². The highest BCUT2D eigenvalue weighted by atomic mass is 32.2. The minimum Gasteiger partial charge on any atom is -0.475 e. The van der Waals surface area contributed by atoms with Crippen molar-refractivity contribution in [2.75, 3.05) is 19.6 Å². The van der Waals surface area contributed by atoms with Crippen LogP contribution < -0.4 is 0 Å². The summed E-state index contributed by atoms with van der Waals surface area (Å²) in [7, 11) is -3.44. The topological polar surface area (TPSA) is 109 Å². The molecule has 1 fully saturated rings. The van der Waals surface area contributed by atoms with Crippen LogP contribution in [-0.2, 0) is 34.5 Å². The average Bonchev–Trinajstić information content (AvgIpc) is 3.35. The van der Waals surface area contributed by atoms with Gasteiger partial charge in [-0.05, 0) is 43.8 Å². The van der Waals surface area contributed by atoms with Crippen molar-refractivity contribution in [2.24, 2.45) is 0 Å². The van der Waals surface area contributed by atoms with Crippen LogP contribution in [0, 0.1) is 0 Å². The number of aliphatic carboxylic acids is 1. The molecule has 4 rings (SSSR count). The summed E-state index contributed by atoms with van der Waals surface area (Å²) in [6.45, 7) is 4.54. The number of thiophene rings is 1. The van der Waals surface area contributed by atoms with E-state index in [4.69, 9.17) is 9.90 Å². The number of halogens is 3. The lowest BCUT2D eigenvalue weighted by molar-refractivity contribution is -0.192. The van der Waals surface area contributed by atoms with E-state index in [1.165, 1.54) is 30.6 Å². The maximum Gasteiger partial charge on any atom is 0.490 e. The Bertz CT molecular complexity index is 1000. The molecule has 0 unspecified atom stereocenters. The second kappa shape index (κ2) is 10.3. The minimum absolute atomic E-state index is 0.358. The maximum absolute atomic E-state index is 12.9. The number of sulfonamides is 1. The number of fused-ring (bicyclic) bond motifs is 1. The first kappa shape index (κ1) is 24.6. The van der Waals surface area contributed by atoms with Crippen LogP contribution >= 0.6 is 11.3 Å². The Morgan fingerprint density at radius 1 is 1.12 bits per heavy atom. The largest absolute Gasteiger partial charge is 0.490 e. The van der Waals surface area contributed by atoms with Crippen molar-refractivity contribution < 1.29 is 31.5 Å². The number of piperidine rings is 1. The third-order valence-corrected chi connectivity index (χ3v) is 8.39. The zero-order valence-corrected chi connectivity index (χ0v) is 18.8. The molecule has 2 aromatic rings. The lowest BCUT2D eigenvalue weighted by Crippen LogP contribution is -2.32. The third kappa shape index (κ3) is 6.05. The number of hydrogen-bond acceptors (Lipinski definition) is 7. The summed E-state index contributed by atoms with van der Waals surface area (Å²) in [4.78, 5) is 11.3. The van der Waals surface area contributed by atoms with Crippen molar-refractivity contribution >= 4 is 27.3 Å². The molecule has 178 valence electrons. The Balaban J connectivity index is 0.000000360.